The lowest BCUT2D eigenvalue weighted by Gasteiger charge is -2.50. The molecule has 82 valence electrons. The van der Waals surface area contributed by atoms with Crippen LogP contribution in [-0.2, 0) is 0 Å². The van der Waals surface area contributed by atoms with Gasteiger partial charge in [0.25, 0.3) is 0 Å². The van der Waals surface area contributed by atoms with Crippen molar-refractivity contribution in [3.8, 4) is 6.07 Å². The van der Waals surface area contributed by atoms with Crippen LogP contribution in [0.15, 0.2) is 12.2 Å². The van der Waals surface area contributed by atoms with Crippen molar-refractivity contribution in [1.82, 2.24) is 0 Å². The lowest BCUT2D eigenvalue weighted by Crippen LogP contribution is -2.43. The molecule has 1 heteroatoms. The van der Waals surface area contributed by atoms with Crippen molar-refractivity contribution in [3.05, 3.63) is 12.2 Å². The van der Waals surface area contributed by atoms with Gasteiger partial charge in [-0.1, -0.05) is 26.0 Å². The van der Waals surface area contributed by atoms with Crippen LogP contribution in [0.3, 0.4) is 0 Å². The van der Waals surface area contributed by atoms with Gasteiger partial charge in [0.15, 0.2) is 0 Å². The fourth-order valence-electron chi connectivity index (χ4n) is 3.66. The smallest absolute Gasteiger partial charge is 0.0661 e. The number of nitrogens with zero attached hydrogens (tertiary/aromatic N) is 1. The van der Waals surface area contributed by atoms with Crippen molar-refractivity contribution in [1.29, 1.82) is 5.26 Å². The van der Waals surface area contributed by atoms with Gasteiger partial charge in [0.05, 0.1) is 12.0 Å². The van der Waals surface area contributed by atoms with Crippen LogP contribution in [0.4, 0.5) is 0 Å². The molecule has 0 bridgehead atoms. The second-order valence-corrected chi connectivity index (χ2v) is 5.69. The molecule has 0 aromatic rings. The van der Waals surface area contributed by atoms with E-state index < -0.39 is 0 Å². The molecule has 0 unspecified atom stereocenters. The molecule has 0 aromatic carbocycles. The standard InChI is InChI=1S/C14H21N/c1-10-7-8-14(3)11(2)5-4-6-13(14)12(10)9-15/h10,12-13H,2,4-8H2,1,3H3/t10-,12+,13-,14-/m0/s1. The molecule has 2 saturated carbocycles. The lowest BCUT2D eigenvalue weighted by molar-refractivity contribution is 0.0524. The van der Waals surface area contributed by atoms with Crippen LogP contribution in [0.2, 0.25) is 0 Å². The average molecular weight is 203 g/mol. The van der Waals surface area contributed by atoms with E-state index in [2.05, 4.69) is 26.5 Å². The quantitative estimate of drug-likeness (QED) is 0.547. The minimum atomic E-state index is 0.265. The molecule has 0 saturated heterocycles. The highest BCUT2D eigenvalue weighted by Gasteiger charge is 2.47. The summed E-state index contributed by atoms with van der Waals surface area (Å²) in [6.07, 6.45) is 6.10. The van der Waals surface area contributed by atoms with Crippen molar-refractivity contribution in [3.63, 3.8) is 0 Å². The molecule has 15 heavy (non-hydrogen) atoms. The molecule has 0 N–H and O–H groups in total. The number of allylic oxidation sites excluding steroid dienone is 1. The Bertz CT molecular complexity index is 312. The first-order chi connectivity index (χ1) is 7.09. The monoisotopic (exact) mass is 203 g/mol. The Hall–Kier alpha value is -0.770. The van der Waals surface area contributed by atoms with Crippen LogP contribution in [0.1, 0.15) is 46.0 Å². The Kier molecular flexibility index (Phi) is 2.63. The van der Waals surface area contributed by atoms with Crippen LogP contribution < -0.4 is 0 Å². The SMILES string of the molecule is C=C1CCC[C@H]2[C@H](C#N)[C@@H](C)CC[C@@]12C. The maximum absolute atomic E-state index is 9.32. The molecular weight excluding hydrogens is 182 g/mol. The van der Waals surface area contributed by atoms with E-state index in [1.165, 1.54) is 37.7 Å². The van der Waals surface area contributed by atoms with Crippen molar-refractivity contribution in [2.24, 2.45) is 23.2 Å². The second kappa shape index (κ2) is 3.67. The van der Waals surface area contributed by atoms with Gasteiger partial charge in [0, 0.05) is 0 Å². The van der Waals surface area contributed by atoms with Crippen molar-refractivity contribution >= 4 is 0 Å². The third-order valence-electron chi connectivity index (χ3n) is 4.93. The van der Waals surface area contributed by atoms with E-state index >= 15 is 0 Å². The molecule has 0 amide bonds. The number of rotatable bonds is 0. The van der Waals surface area contributed by atoms with Crippen molar-refractivity contribution in [2.75, 3.05) is 0 Å². The van der Waals surface area contributed by atoms with Gasteiger partial charge in [0.2, 0.25) is 0 Å². The van der Waals surface area contributed by atoms with E-state index in [9.17, 15) is 5.26 Å². The predicted octanol–water partition coefficient (Wildman–Crippen LogP) is 3.92. The molecule has 2 aliphatic rings. The van der Waals surface area contributed by atoms with Gasteiger partial charge in [-0.05, 0) is 49.4 Å². The zero-order chi connectivity index (χ0) is 11.1. The fourth-order valence-corrected chi connectivity index (χ4v) is 3.66. The Balaban J connectivity index is 2.31. The van der Waals surface area contributed by atoms with Gasteiger partial charge in [0.1, 0.15) is 0 Å². The number of fused-ring (bicyclic) bond motifs is 1. The van der Waals surface area contributed by atoms with E-state index in [0.29, 0.717) is 11.8 Å². The fraction of sp³-hybridized carbons (Fsp3) is 0.786. The highest BCUT2D eigenvalue weighted by atomic mass is 14.5. The first-order valence-electron chi connectivity index (χ1n) is 6.17. The minimum Gasteiger partial charge on any atom is -0.198 e. The number of nitriles is 1. The van der Waals surface area contributed by atoms with E-state index in [0.717, 1.165) is 0 Å². The maximum Gasteiger partial charge on any atom is 0.0661 e. The van der Waals surface area contributed by atoms with Gasteiger partial charge in [-0.2, -0.15) is 5.26 Å². The summed E-state index contributed by atoms with van der Waals surface area (Å²) in [6, 6.07) is 2.56. The molecule has 0 radical (unpaired) electrons. The summed E-state index contributed by atoms with van der Waals surface area (Å²) >= 11 is 0. The largest absolute Gasteiger partial charge is 0.198 e. The summed E-state index contributed by atoms with van der Waals surface area (Å²) in [5.74, 6) is 1.42. The molecule has 4 atom stereocenters. The molecule has 0 aromatic heterocycles. The van der Waals surface area contributed by atoms with Crippen LogP contribution in [0.5, 0.6) is 0 Å². The van der Waals surface area contributed by atoms with Crippen LogP contribution >= 0.6 is 0 Å². The highest BCUT2D eigenvalue weighted by Crippen LogP contribution is 2.55. The summed E-state index contributed by atoms with van der Waals surface area (Å²) in [5, 5.41) is 9.32. The van der Waals surface area contributed by atoms with Crippen LogP contribution in [0, 0.1) is 34.5 Å². The van der Waals surface area contributed by atoms with E-state index in [1.807, 2.05) is 0 Å². The number of hydrogen-bond acceptors (Lipinski definition) is 1. The molecular formula is C14H21N. The summed E-state index contributed by atoms with van der Waals surface area (Å²) in [6.45, 7) is 8.84. The first kappa shape index (κ1) is 10.7. The molecule has 2 aliphatic carbocycles. The molecule has 2 rings (SSSR count). The van der Waals surface area contributed by atoms with E-state index in [-0.39, 0.29) is 11.3 Å². The summed E-state index contributed by atoms with van der Waals surface area (Å²) < 4.78 is 0. The van der Waals surface area contributed by atoms with Gasteiger partial charge in [-0.3, -0.25) is 0 Å². The van der Waals surface area contributed by atoms with Gasteiger partial charge in [-0.25, -0.2) is 0 Å². The molecule has 1 nitrogen and oxygen atoms in total. The van der Waals surface area contributed by atoms with Crippen molar-refractivity contribution < 1.29 is 0 Å². The zero-order valence-corrected chi connectivity index (χ0v) is 9.92. The van der Waals surface area contributed by atoms with E-state index in [1.54, 1.807) is 0 Å². The Labute approximate surface area is 93.2 Å². The summed E-state index contributed by atoms with van der Waals surface area (Å²) in [4.78, 5) is 0. The van der Waals surface area contributed by atoms with Gasteiger partial charge < -0.3 is 0 Å². The van der Waals surface area contributed by atoms with Gasteiger partial charge in [-0.15, -0.1) is 0 Å². The normalized spacial score (nSPS) is 45.7. The maximum atomic E-state index is 9.32. The molecule has 0 aliphatic heterocycles. The zero-order valence-electron chi connectivity index (χ0n) is 9.92. The summed E-state index contributed by atoms with van der Waals surface area (Å²) in [7, 11) is 0. The van der Waals surface area contributed by atoms with Crippen LogP contribution in [-0.4, -0.2) is 0 Å². The van der Waals surface area contributed by atoms with Crippen molar-refractivity contribution in [2.45, 2.75) is 46.0 Å². The molecule has 0 spiro atoms. The third kappa shape index (κ3) is 1.51. The van der Waals surface area contributed by atoms with E-state index in [4.69, 9.17) is 0 Å². The third-order valence-corrected chi connectivity index (χ3v) is 4.93. The molecule has 0 heterocycles. The predicted molar refractivity (Wildman–Crippen MR) is 62.1 cm³/mol. The topological polar surface area (TPSA) is 23.8 Å². The Morgan fingerprint density at radius 3 is 2.87 bits per heavy atom. The Morgan fingerprint density at radius 1 is 1.47 bits per heavy atom. The summed E-state index contributed by atoms with van der Waals surface area (Å²) in [5.41, 5.74) is 1.68. The average Bonchev–Trinajstić information content (AvgIpc) is 2.22. The Morgan fingerprint density at radius 2 is 2.20 bits per heavy atom. The minimum absolute atomic E-state index is 0.265. The lowest BCUT2D eigenvalue weighted by atomic mass is 9.53. The second-order valence-electron chi connectivity index (χ2n) is 5.69. The number of hydrogen-bond donors (Lipinski definition) is 0. The van der Waals surface area contributed by atoms with Crippen LogP contribution in [0.25, 0.3) is 0 Å². The van der Waals surface area contributed by atoms with Gasteiger partial charge >= 0.3 is 0 Å². The molecule has 2 fully saturated rings. The highest BCUT2D eigenvalue weighted by molar-refractivity contribution is 5.19. The first-order valence-corrected chi connectivity index (χ1v) is 6.17.